The van der Waals surface area contributed by atoms with E-state index < -0.39 is 0 Å². The molecule has 0 spiro atoms. The molecule has 1 atom stereocenters. The Morgan fingerprint density at radius 1 is 1.13 bits per heavy atom. The highest BCUT2D eigenvalue weighted by atomic mass is 35.5. The maximum atomic E-state index is 12.9. The fourth-order valence-electron chi connectivity index (χ4n) is 5.60. The molecular formula is C33H46ClN3O2. The fraction of sp³-hybridized carbons (Fsp3) is 0.545. The first-order chi connectivity index (χ1) is 18.7. The quantitative estimate of drug-likeness (QED) is 0.221. The average Bonchev–Trinajstić information content (AvgIpc) is 3.39. The first-order valence-corrected chi connectivity index (χ1v) is 15.0. The third-order valence-electron chi connectivity index (χ3n) is 7.93. The van der Waals surface area contributed by atoms with Gasteiger partial charge in [-0.25, -0.2) is 4.79 Å². The van der Waals surface area contributed by atoms with E-state index in [-0.39, 0.29) is 18.2 Å². The molecule has 0 saturated carbocycles. The number of hydrogen-bond acceptors (Lipinski definition) is 3. The molecule has 1 saturated heterocycles. The van der Waals surface area contributed by atoms with Gasteiger partial charge in [0.1, 0.15) is 5.78 Å². The van der Waals surface area contributed by atoms with Crippen LogP contribution in [0.15, 0.2) is 49.2 Å². The molecule has 0 N–H and O–H groups in total. The first-order valence-electron chi connectivity index (χ1n) is 14.6. The molecule has 1 aromatic carbocycles. The standard InChI is InChI=1S/C33H46ClN3O2/c1-6-8-24(2)11-12-25(3)21-30-23-31(34)14-13-29(30)10-7-9-28-15-18-36(19-16-28)33(39)37-20-17-32(35-37)26(4)22-27(5)38/h13-14,17,20,23-24,28H,3-4,6-12,15-16,18-19,21-22H2,1-2,5H3. The minimum absolute atomic E-state index is 0.0353. The fourth-order valence-corrected chi connectivity index (χ4v) is 5.79. The molecule has 2 heterocycles. The van der Waals surface area contributed by atoms with Crippen LogP contribution in [0.3, 0.4) is 0 Å². The number of benzene rings is 1. The zero-order valence-electron chi connectivity index (χ0n) is 24.2. The van der Waals surface area contributed by atoms with E-state index in [0.717, 1.165) is 69.0 Å². The maximum Gasteiger partial charge on any atom is 0.344 e. The largest absolute Gasteiger partial charge is 0.344 e. The predicted molar refractivity (Wildman–Crippen MR) is 162 cm³/mol. The Labute approximate surface area is 240 Å². The number of hydrogen-bond donors (Lipinski definition) is 0. The van der Waals surface area contributed by atoms with Crippen molar-refractivity contribution in [1.29, 1.82) is 0 Å². The number of carbonyl (C=O) groups excluding carboxylic acids is 2. The van der Waals surface area contributed by atoms with Crippen LogP contribution in [0.4, 0.5) is 4.79 Å². The van der Waals surface area contributed by atoms with Crippen molar-refractivity contribution in [1.82, 2.24) is 14.7 Å². The number of rotatable bonds is 14. The first kappa shape index (κ1) is 30.9. The van der Waals surface area contributed by atoms with E-state index in [0.29, 0.717) is 17.2 Å². The van der Waals surface area contributed by atoms with E-state index in [2.05, 4.69) is 44.2 Å². The lowest BCUT2D eigenvalue weighted by atomic mass is 9.89. The zero-order valence-corrected chi connectivity index (χ0v) is 24.9. The lowest BCUT2D eigenvalue weighted by molar-refractivity contribution is -0.116. The Balaban J connectivity index is 1.44. The highest BCUT2D eigenvalue weighted by molar-refractivity contribution is 6.30. The van der Waals surface area contributed by atoms with Gasteiger partial charge in [-0.15, -0.1) is 0 Å². The Morgan fingerprint density at radius 2 is 1.87 bits per heavy atom. The van der Waals surface area contributed by atoms with Gasteiger partial charge >= 0.3 is 6.03 Å². The van der Waals surface area contributed by atoms with Gasteiger partial charge in [0.05, 0.1) is 5.69 Å². The van der Waals surface area contributed by atoms with Crippen LogP contribution >= 0.6 is 11.6 Å². The van der Waals surface area contributed by atoms with Crippen LogP contribution in [0.2, 0.25) is 5.02 Å². The second-order valence-corrected chi connectivity index (χ2v) is 11.9. The molecule has 2 aromatic rings. The van der Waals surface area contributed by atoms with Gasteiger partial charge in [-0.2, -0.15) is 9.78 Å². The summed E-state index contributed by atoms with van der Waals surface area (Å²) in [6.07, 6.45) is 13.0. The van der Waals surface area contributed by atoms with Gasteiger partial charge < -0.3 is 4.90 Å². The minimum Gasteiger partial charge on any atom is -0.323 e. The van der Waals surface area contributed by atoms with E-state index in [4.69, 9.17) is 11.6 Å². The molecule has 1 fully saturated rings. The molecule has 1 unspecified atom stereocenters. The molecular weight excluding hydrogens is 506 g/mol. The predicted octanol–water partition coefficient (Wildman–Crippen LogP) is 8.55. The number of likely N-dealkylation sites (tertiary alicyclic amines) is 1. The zero-order chi connectivity index (χ0) is 28.4. The summed E-state index contributed by atoms with van der Waals surface area (Å²) in [7, 11) is 0. The third kappa shape index (κ3) is 9.79. The number of carbonyl (C=O) groups is 2. The summed E-state index contributed by atoms with van der Waals surface area (Å²) in [5.41, 5.74) is 5.24. The van der Waals surface area contributed by atoms with Gasteiger partial charge in [0.25, 0.3) is 0 Å². The number of amides is 1. The molecule has 212 valence electrons. The number of piperidine rings is 1. The Morgan fingerprint density at radius 3 is 2.56 bits per heavy atom. The second-order valence-electron chi connectivity index (χ2n) is 11.5. The van der Waals surface area contributed by atoms with Crippen LogP contribution in [0.5, 0.6) is 0 Å². The molecule has 3 rings (SSSR count). The minimum atomic E-state index is -0.106. The van der Waals surface area contributed by atoms with Crippen LogP contribution < -0.4 is 0 Å². The van der Waals surface area contributed by atoms with Gasteiger partial charge in [0, 0.05) is 30.7 Å². The molecule has 5 nitrogen and oxygen atoms in total. The summed E-state index contributed by atoms with van der Waals surface area (Å²) >= 11 is 6.36. The molecule has 39 heavy (non-hydrogen) atoms. The van der Waals surface area contributed by atoms with Crippen molar-refractivity contribution in [3.63, 3.8) is 0 Å². The number of aryl methyl sites for hydroxylation is 1. The Kier molecular flexibility index (Phi) is 12.0. The molecule has 1 aliphatic rings. The summed E-state index contributed by atoms with van der Waals surface area (Å²) in [5, 5.41) is 5.16. The molecule has 0 aliphatic carbocycles. The van der Waals surface area contributed by atoms with E-state index in [9.17, 15) is 9.59 Å². The number of allylic oxidation sites excluding steroid dienone is 2. The lowest BCUT2D eigenvalue weighted by Gasteiger charge is -2.31. The van der Waals surface area contributed by atoms with Gasteiger partial charge in [0.2, 0.25) is 0 Å². The average molecular weight is 552 g/mol. The molecule has 1 amide bonds. The van der Waals surface area contributed by atoms with E-state index in [1.54, 1.807) is 12.3 Å². The SMILES string of the molecule is C=C(CCC(C)CCC)Cc1cc(Cl)ccc1CCCC1CCN(C(=O)n2ccc(C(=C)CC(C)=O)n2)CC1. The molecule has 1 aromatic heterocycles. The number of nitrogens with zero attached hydrogens (tertiary/aromatic N) is 3. The van der Waals surface area contributed by atoms with Gasteiger partial charge in [0.15, 0.2) is 0 Å². The second kappa shape index (κ2) is 15.2. The van der Waals surface area contributed by atoms with Crippen molar-refractivity contribution < 1.29 is 9.59 Å². The van der Waals surface area contributed by atoms with Gasteiger partial charge in [-0.05, 0) is 105 Å². The van der Waals surface area contributed by atoms with E-state index in [1.807, 2.05) is 11.0 Å². The highest BCUT2D eigenvalue weighted by Gasteiger charge is 2.24. The van der Waals surface area contributed by atoms with Crippen molar-refractivity contribution in [3.8, 4) is 0 Å². The summed E-state index contributed by atoms with van der Waals surface area (Å²) in [5.74, 6) is 1.42. The van der Waals surface area contributed by atoms with Crippen LogP contribution in [0.25, 0.3) is 5.57 Å². The number of aromatic nitrogens is 2. The summed E-state index contributed by atoms with van der Waals surface area (Å²) in [6.45, 7) is 15.9. The topological polar surface area (TPSA) is 55.2 Å². The van der Waals surface area contributed by atoms with Crippen molar-refractivity contribution in [2.75, 3.05) is 13.1 Å². The summed E-state index contributed by atoms with van der Waals surface area (Å²) in [6, 6.07) is 7.97. The van der Waals surface area contributed by atoms with Gasteiger partial charge in [-0.1, -0.05) is 63.1 Å². The third-order valence-corrected chi connectivity index (χ3v) is 8.17. The van der Waals surface area contributed by atoms with E-state index >= 15 is 0 Å². The smallest absolute Gasteiger partial charge is 0.323 e. The van der Waals surface area contributed by atoms with Crippen LogP contribution in [0, 0.1) is 11.8 Å². The highest BCUT2D eigenvalue weighted by Crippen LogP contribution is 2.27. The Bertz CT molecular complexity index is 1140. The summed E-state index contributed by atoms with van der Waals surface area (Å²) < 4.78 is 1.38. The molecule has 0 bridgehead atoms. The van der Waals surface area contributed by atoms with Crippen molar-refractivity contribution >= 4 is 29.0 Å². The normalized spacial score (nSPS) is 14.8. The maximum absolute atomic E-state index is 12.9. The van der Waals surface area contributed by atoms with Crippen molar-refractivity contribution in [2.45, 2.75) is 91.4 Å². The lowest BCUT2D eigenvalue weighted by Crippen LogP contribution is -2.41. The van der Waals surface area contributed by atoms with Crippen molar-refractivity contribution in [2.24, 2.45) is 11.8 Å². The number of halogens is 1. The van der Waals surface area contributed by atoms with Crippen LogP contribution in [-0.2, 0) is 17.6 Å². The van der Waals surface area contributed by atoms with Gasteiger partial charge in [-0.3, -0.25) is 4.79 Å². The van der Waals surface area contributed by atoms with E-state index in [1.165, 1.54) is 47.6 Å². The monoisotopic (exact) mass is 551 g/mol. The number of Topliss-reactive ketones (excluding diaryl/α,β-unsaturated/α-hetero) is 1. The van der Waals surface area contributed by atoms with Crippen LogP contribution in [-0.4, -0.2) is 39.6 Å². The molecule has 0 radical (unpaired) electrons. The molecule has 6 heteroatoms. The summed E-state index contributed by atoms with van der Waals surface area (Å²) in [4.78, 5) is 26.2. The van der Waals surface area contributed by atoms with Crippen molar-refractivity contribution in [3.05, 3.63) is 71.0 Å². The van der Waals surface area contributed by atoms with Crippen LogP contribution in [0.1, 0.15) is 95.4 Å². The Hall–Kier alpha value is -2.66. The molecule has 1 aliphatic heterocycles. The number of ketones is 1.